The maximum absolute atomic E-state index is 13.0. The molecule has 1 heterocycles. The molecule has 0 bridgehead atoms. The summed E-state index contributed by atoms with van der Waals surface area (Å²) in [6.45, 7) is 5.02. The van der Waals surface area contributed by atoms with Crippen molar-refractivity contribution in [2.75, 3.05) is 36.0 Å². The van der Waals surface area contributed by atoms with E-state index >= 15 is 0 Å². The fraction of sp³-hybridized carbons (Fsp3) is 0.278. The number of halogens is 1. The molecule has 1 saturated heterocycles. The van der Waals surface area contributed by atoms with Crippen molar-refractivity contribution in [3.63, 3.8) is 0 Å². The Labute approximate surface area is 130 Å². The number of benzene rings is 2. The van der Waals surface area contributed by atoms with Crippen molar-refractivity contribution in [2.45, 2.75) is 6.92 Å². The molecule has 22 heavy (non-hydrogen) atoms. The summed E-state index contributed by atoms with van der Waals surface area (Å²) in [5.41, 5.74) is 2.83. The van der Waals surface area contributed by atoms with E-state index in [9.17, 15) is 9.18 Å². The monoisotopic (exact) mass is 298 g/mol. The molecule has 1 fully saturated rings. The van der Waals surface area contributed by atoms with Crippen LogP contribution in [0.3, 0.4) is 0 Å². The van der Waals surface area contributed by atoms with Gasteiger partial charge in [0.05, 0.1) is 0 Å². The van der Waals surface area contributed by atoms with Crippen molar-refractivity contribution in [2.24, 2.45) is 0 Å². The van der Waals surface area contributed by atoms with Crippen molar-refractivity contribution in [1.29, 1.82) is 0 Å². The van der Waals surface area contributed by atoms with Crippen LogP contribution in [0.1, 0.15) is 17.3 Å². The van der Waals surface area contributed by atoms with Crippen LogP contribution in [0.2, 0.25) is 0 Å². The second-order valence-electron chi connectivity index (χ2n) is 5.52. The molecular weight excluding hydrogens is 279 g/mol. The van der Waals surface area contributed by atoms with E-state index in [1.165, 1.54) is 12.1 Å². The number of piperazine rings is 1. The molecule has 0 amide bonds. The average molecular weight is 298 g/mol. The summed E-state index contributed by atoms with van der Waals surface area (Å²) in [4.78, 5) is 16.2. The van der Waals surface area contributed by atoms with E-state index in [1.54, 1.807) is 6.92 Å². The maximum atomic E-state index is 13.0. The molecule has 2 aromatic carbocycles. The normalized spacial score (nSPS) is 15.0. The van der Waals surface area contributed by atoms with Crippen LogP contribution in [0.5, 0.6) is 0 Å². The molecule has 0 saturated carbocycles. The van der Waals surface area contributed by atoms with Crippen LogP contribution in [0.15, 0.2) is 48.5 Å². The first-order valence-electron chi connectivity index (χ1n) is 7.50. The zero-order chi connectivity index (χ0) is 15.5. The number of rotatable bonds is 3. The van der Waals surface area contributed by atoms with Gasteiger partial charge in [-0.1, -0.05) is 12.1 Å². The molecule has 4 heteroatoms. The van der Waals surface area contributed by atoms with E-state index in [4.69, 9.17) is 0 Å². The molecule has 114 valence electrons. The fourth-order valence-corrected chi connectivity index (χ4v) is 2.90. The van der Waals surface area contributed by atoms with Gasteiger partial charge in [0, 0.05) is 43.1 Å². The summed E-state index contributed by atoms with van der Waals surface area (Å²) >= 11 is 0. The number of carbonyl (C=O) groups excluding carboxylic acids is 1. The zero-order valence-corrected chi connectivity index (χ0v) is 12.6. The summed E-state index contributed by atoms with van der Waals surface area (Å²) in [5.74, 6) is -0.116. The summed E-state index contributed by atoms with van der Waals surface area (Å²) in [6, 6.07) is 14.4. The molecule has 1 aliphatic rings. The molecule has 1 aliphatic heterocycles. The Morgan fingerprint density at radius 2 is 1.50 bits per heavy atom. The molecule has 3 nitrogen and oxygen atoms in total. The van der Waals surface area contributed by atoms with Gasteiger partial charge in [0.25, 0.3) is 0 Å². The van der Waals surface area contributed by atoms with E-state index in [0.29, 0.717) is 0 Å². The van der Waals surface area contributed by atoms with E-state index < -0.39 is 0 Å². The lowest BCUT2D eigenvalue weighted by Crippen LogP contribution is -2.46. The minimum absolute atomic E-state index is 0.0940. The standard InChI is InChI=1S/C18H19FN2O/c1-14(22)17-4-2-3-5-18(17)21-12-10-20(11-13-21)16-8-6-15(19)7-9-16/h2-9H,10-13H2,1H3. The molecule has 0 unspecified atom stereocenters. The second-order valence-corrected chi connectivity index (χ2v) is 5.52. The van der Waals surface area contributed by atoms with Gasteiger partial charge in [-0.15, -0.1) is 0 Å². The number of anilines is 2. The smallest absolute Gasteiger partial charge is 0.161 e. The van der Waals surface area contributed by atoms with E-state index in [2.05, 4.69) is 9.80 Å². The molecule has 0 N–H and O–H groups in total. The number of nitrogens with zero attached hydrogens (tertiary/aromatic N) is 2. The number of carbonyl (C=O) groups is 1. The predicted octanol–water partition coefficient (Wildman–Crippen LogP) is 3.35. The number of ketones is 1. The Bertz CT molecular complexity index is 661. The lowest BCUT2D eigenvalue weighted by atomic mass is 10.1. The molecular formula is C18H19FN2O. The topological polar surface area (TPSA) is 23.6 Å². The Hall–Kier alpha value is -2.36. The van der Waals surface area contributed by atoms with Crippen LogP contribution in [0.4, 0.5) is 15.8 Å². The quantitative estimate of drug-likeness (QED) is 0.812. The van der Waals surface area contributed by atoms with Gasteiger partial charge in [0.2, 0.25) is 0 Å². The minimum Gasteiger partial charge on any atom is -0.368 e. The minimum atomic E-state index is -0.210. The summed E-state index contributed by atoms with van der Waals surface area (Å²) < 4.78 is 13.0. The van der Waals surface area contributed by atoms with E-state index in [0.717, 1.165) is 43.1 Å². The largest absolute Gasteiger partial charge is 0.368 e. The van der Waals surface area contributed by atoms with Crippen molar-refractivity contribution in [1.82, 2.24) is 0 Å². The number of para-hydroxylation sites is 1. The van der Waals surface area contributed by atoms with Gasteiger partial charge in [0.1, 0.15) is 5.82 Å². The van der Waals surface area contributed by atoms with Gasteiger partial charge in [-0.3, -0.25) is 4.79 Å². The number of hydrogen-bond acceptors (Lipinski definition) is 3. The third kappa shape index (κ3) is 2.96. The number of hydrogen-bond donors (Lipinski definition) is 0. The molecule has 2 aromatic rings. The Balaban J connectivity index is 1.72. The van der Waals surface area contributed by atoms with E-state index in [-0.39, 0.29) is 11.6 Å². The molecule has 0 aliphatic carbocycles. The van der Waals surface area contributed by atoms with Crippen LogP contribution in [-0.4, -0.2) is 32.0 Å². The average Bonchev–Trinajstić information content (AvgIpc) is 2.56. The van der Waals surface area contributed by atoms with Crippen molar-refractivity contribution in [3.05, 3.63) is 59.9 Å². The molecule has 0 radical (unpaired) electrons. The molecule has 0 aromatic heterocycles. The SMILES string of the molecule is CC(=O)c1ccccc1N1CCN(c2ccc(F)cc2)CC1. The Morgan fingerprint density at radius 3 is 2.14 bits per heavy atom. The van der Waals surface area contributed by atoms with Crippen molar-refractivity contribution >= 4 is 17.2 Å². The highest BCUT2D eigenvalue weighted by Crippen LogP contribution is 2.24. The first-order valence-corrected chi connectivity index (χ1v) is 7.50. The van der Waals surface area contributed by atoms with Gasteiger partial charge in [-0.25, -0.2) is 4.39 Å². The van der Waals surface area contributed by atoms with Crippen LogP contribution in [0, 0.1) is 5.82 Å². The fourth-order valence-electron chi connectivity index (χ4n) is 2.90. The third-order valence-corrected chi connectivity index (χ3v) is 4.10. The number of Topliss-reactive ketones (excluding diaryl/α,β-unsaturated/α-hetero) is 1. The van der Waals surface area contributed by atoms with Crippen LogP contribution in [0.25, 0.3) is 0 Å². The highest BCUT2D eigenvalue weighted by Gasteiger charge is 2.20. The van der Waals surface area contributed by atoms with Crippen molar-refractivity contribution < 1.29 is 9.18 Å². The maximum Gasteiger partial charge on any atom is 0.161 e. The summed E-state index contributed by atoms with van der Waals surface area (Å²) in [5, 5.41) is 0. The molecule has 0 atom stereocenters. The van der Waals surface area contributed by atoms with Gasteiger partial charge in [-0.2, -0.15) is 0 Å². The summed E-state index contributed by atoms with van der Waals surface area (Å²) in [6.07, 6.45) is 0. The zero-order valence-electron chi connectivity index (χ0n) is 12.6. The predicted molar refractivity (Wildman–Crippen MR) is 87.3 cm³/mol. The van der Waals surface area contributed by atoms with E-state index in [1.807, 2.05) is 36.4 Å². The van der Waals surface area contributed by atoms with Gasteiger partial charge in [0.15, 0.2) is 5.78 Å². The first-order chi connectivity index (χ1) is 10.6. The lowest BCUT2D eigenvalue weighted by Gasteiger charge is -2.38. The van der Waals surface area contributed by atoms with Gasteiger partial charge < -0.3 is 9.80 Å². The van der Waals surface area contributed by atoms with Crippen LogP contribution >= 0.6 is 0 Å². The first kappa shape index (κ1) is 14.6. The van der Waals surface area contributed by atoms with Crippen LogP contribution in [-0.2, 0) is 0 Å². The van der Waals surface area contributed by atoms with Gasteiger partial charge in [-0.05, 0) is 43.3 Å². The Morgan fingerprint density at radius 1 is 0.909 bits per heavy atom. The Kier molecular flexibility index (Phi) is 4.09. The van der Waals surface area contributed by atoms with Gasteiger partial charge >= 0.3 is 0 Å². The summed E-state index contributed by atoms with van der Waals surface area (Å²) in [7, 11) is 0. The highest BCUT2D eigenvalue weighted by atomic mass is 19.1. The molecule has 0 spiro atoms. The third-order valence-electron chi connectivity index (χ3n) is 4.10. The lowest BCUT2D eigenvalue weighted by molar-refractivity contribution is 0.101. The molecule has 3 rings (SSSR count). The second kappa shape index (κ2) is 6.18. The highest BCUT2D eigenvalue weighted by molar-refractivity contribution is 5.99. The van der Waals surface area contributed by atoms with Crippen molar-refractivity contribution in [3.8, 4) is 0 Å². The van der Waals surface area contributed by atoms with Crippen LogP contribution < -0.4 is 9.80 Å².